The third kappa shape index (κ3) is 45.2. The fraction of sp³-hybridized carbons (Fsp3) is 0.929. The summed E-state index contributed by atoms with van der Waals surface area (Å²) in [5.41, 5.74) is 0. The summed E-state index contributed by atoms with van der Waals surface area (Å²) in [6.45, 7) is 6.51. The molecule has 0 aliphatic heterocycles. The molecule has 1 amide bonds. The second-order valence-corrected chi connectivity index (χ2v) is 19.3. The van der Waals surface area contributed by atoms with E-state index in [2.05, 4.69) is 38.2 Å². The standard InChI is InChI=1S/C56H109NO5/c1-4-7-10-13-16-19-22-25-27-28-31-34-37-40-43-46-49-56(61)62-52(47-44-41-38-35-32-30-26-23-20-17-14-11-8-5-2)50-55(60)57-53(51-58)54(59)48-45-42-39-36-33-29-24-21-18-15-12-9-6-3/h30,32,52-54,58-59H,4-29,31,33-51H2,1-3H3,(H,57,60)/b32-30+. The Kier molecular flexibility index (Phi) is 49.5. The number of aliphatic hydroxyl groups is 2. The van der Waals surface area contributed by atoms with Gasteiger partial charge in [0.2, 0.25) is 5.91 Å². The maximum atomic E-state index is 13.2. The quantitative estimate of drug-likeness (QED) is 0.0321. The first kappa shape index (κ1) is 60.6. The van der Waals surface area contributed by atoms with Gasteiger partial charge >= 0.3 is 5.97 Å². The van der Waals surface area contributed by atoms with Gasteiger partial charge in [0.15, 0.2) is 0 Å². The van der Waals surface area contributed by atoms with Gasteiger partial charge in [-0.25, -0.2) is 0 Å². The summed E-state index contributed by atoms with van der Waals surface area (Å²) >= 11 is 0. The Morgan fingerprint density at radius 3 is 1.16 bits per heavy atom. The molecule has 3 atom stereocenters. The number of hydrogen-bond acceptors (Lipinski definition) is 5. The van der Waals surface area contributed by atoms with Crippen LogP contribution in [0.4, 0.5) is 0 Å². The van der Waals surface area contributed by atoms with E-state index in [-0.39, 0.29) is 24.9 Å². The fourth-order valence-electron chi connectivity index (χ4n) is 8.84. The van der Waals surface area contributed by atoms with E-state index in [0.29, 0.717) is 19.3 Å². The Morgan fingerprint density at radius 1 is 0.452 bits per heavy atom. The average molecular weight is 876 g/mol. The third-order valence-electron chi connectivity index (χ3n) is 13.1. The number of hydrogen-bond donors (Lipinski definition) is 3. The highest BCUT2D eigenvalue weighted by Gasteiger charge is 2.24. The van der Waals surface area contributed by atoms with Gasteiger partial charge in [-0.05, 0) is 51.4 Å². The van der Waals surface area contributed by atoms with E-state index in [0.717, 1.165) is 57.8 Å². The van der Waals surface area contributed by atoms with E-state index in [1.165, 1.54) is 205 Å². The van der Waals surface area contributed by atoms with Gasteiger partial charge in [0, 0.05) is 6.42 Å². The molecule has 3 N–H and O–H groups in total. The first-order valence-corrected chi connectivity index (χ1v) is 27.9. The van der Waals surface area contributed by atoms with Crippen molar-refractivity contribution in [2.75, 3.05) is 6.61 Å². The second-order valence-electron chi connectivity index (χ2n) is 19.3. The number of aliphatic hydroxyl groups excluding tert-OH is 2. The zero-order chi connectivity index (χ0) is 45.2. The number of esters is 1. The number of unbranched alkanes of at least 4 members (excludes halogenated alkanes) is 37. The Bertz CT molecular complexity index is 939. The van der Waals surface area contributed by atoms with Crippen molar-refractivity contribution in [1.29, 1.82) is 0 Å². The number of amides is 1. The predicted octanol–water partition coefficient (Wildman–Crippen LogP) is 16.9. The number of ether oxygens (including phenoxy) is 1. The Hall–Kier alpha value is -1.40. The van der Waals surface area contributed by atoms with Crippen LogP contribution < -0.4 is 5.32 Å². The van der Waals surface area contributed by atoms with Gasteiger partial charge in [-0.15, -0.1) is 0 Å². The minimum absolute atomic E-state index is 0.0744. The molecule has 0 radical (unpaired) electrons. The molecular formula is C56H109NO5. The molecule has 0 aromatic heterocycles. The van der Waals surface area contributed by atoms with E-state index in [1.54, 1.807) is 0 Å². The first-order valence-electron chi connectivity index (χ1n) is 27.9. The number of allylic oxidation sites excluding steroid dienone is 2. The van der Waals surface area contributed by atoms with E-state index in [9.17, 15) is 19.8 Å². The lowest BCUT2D eigenvalue weighted by atomic mass is 10.0. The smallest absolute Gasteiger partial charge is 0.306 e. The van der Waals surface area contributed by atoms with Gasteiger partial charge in [-0.2, -0.15) is 0 Å². The van der Waals surface area contributed by atoms with Crippen molar-refractivity contribution in [2.24, 2.45) is 0 Å². The molecule has 0 bridgehead atoms. The van der Waals surface area contributed by atoms with Crippen LogP contribution in [0.25, 0.3) is 0 Å². The zero-order valence-electron chi connectivity index (χ0n) is 42.0. The van der Waals surface area contributed by atoms with Gasteiger partial charge < -0.3 is 20.3 Å². The van der Waals surface area contributed by atoms with Gasteiger partial charge in [0.25, 0.3) is 0 Å². The van der Waals surface area contributed by atoms with Gasteiger partial charge in [-0.1, -0.05) is 258 Å². The summed E-state index contributed by atoms with van der Waals surface area (Å²) in [5, 5.41) is 23.8. The van der Waals surface area contributed by atoms with Gasteiger partial charge in [-0.3, -0.25) is 9.59 Å². The Labute approximate surface area is 387 Å². The normalized spacial score (nSPS) is 13.2. The first-order chi connectivity index (χ1) is 30.5. The number of carbonyl (C=O) groups is 2. The van der Waals surface area contributed by atoms with E-state index in [4.69, 9.17) is 4.74 Å². The minimum Gasteiger partial charge on any atom is -0.462 e. The summed E-state index contributed by atoms with van der Waals surface area (Å²) in [6, 6.07) is -0.700. The molecule has 62 heavy (non-hydrogen) atoms. The van der Waals surface area contributed by atoms with Gasteiger partial charge in [0.1, 0.15) is 6.10 Å². The van der Waals surface area contributed by atoms with E-state index >= 15 is 0 Å². The monoisotopic (exact) mass is 876 g/mol. The molecule has 0 aliphatic rings. The molecule has 0 aromatic rings. The highest BCUT2D eigenvalue weighted by atomic mass is 16.5. The molecular weight excluding hydrogens is 767 g/mol. The van der Waals surface area contributed by atoms with Crippen LogP contribution in [0.3, 0.4) is 0 Å². The number of nitrogens with one attached hydrogen (secondary N) is 1. The molecule has 368 valence electrons. The van der Waals surface area contributed by atoms with E-state index in [1.807, 2.05) is 0 Å². The molecule has 0 saturated heterocycles. The molecule has 0 aliphatic carbocycles. The summed E-state index contributed by atoms with van der Waals surface area (Å²) < 4.78 is 5.95. The largest absolute Gasteiger partial charge is 0.462 e. The molecule has 0 saturated carbocycles. The molecule has 0 fully saturated rings. The van der Waals surface area contributed by atoms with Gasteiger partial charge in [0.05, 0.1) is 25.2 Å². The van der Waals surface area contributed by atoms with Crippen LogP contribution in [0.1, 0.15) is 310 Å². The van der Waals surface area contributed by atoms with Crippen molar-refractivity contribution < 1.29 is 24.5 Å². The number of rotatable bonds is 51. The van der Waals surface area contributed by atoms with Crippen molar-refractivity contribution >= 4 is 11.9 Å². The van der Waals surface area contributed by atoms with E-state index < -0.39 is 18.2 Å². The molecule has 3 unspecified atom stereocenters. The lowest BCUT2D eigenvalue weighted by Gasteiger charge is -2.24. The lowest BCUT2D eigenvalue weighted by Crippen LogP contribution is -2.46. The summed E-state index contributed by atoms with van der Waals surface area (Å²) in [5.74, 6) is -0.468. The van der Waals surface area contributed by atoms with Crippen LogP contribution in [0.2, 0.25) is 0 Å². The van der Waals surface area contributed by atoms with Crippen LogP contribution in [-0.4, -0.2) is 46.9 Å². The highest BCUT2D eigenvalue weighted by molar-refractivity contribution is 5.77. The second kappa shape index (κ2) is 50.6. The Balaban J connectivity index is 4.53. The summed E-state index contributed by atoms with van der Waals surface area (Å²) in [7, 11) is 0. The fourth-order valence-corrected chi connectivity index (χ4v) is 8.84. The van der Waals surface area contributed by atoms with Crippen molar-refractivity contribution in [1.82, 2.24) is 5.32 Å². The lowest BCUT2D eigenvalue weighted by molar-refractivity contribution is -0.151. The third-order valence-corrected chi connectivity index (χ3v) is 13.1. The van der Waals surface area contributed by atoms with Crippen LogP contribution >= 0.6 is 0 Å². The predicted molar refractivity (Wildman–Crippen MR) is 269 cm³/mol. The molecule has 0 spiro atoms. The SMILES string of the molecule is CCCCCCCCC/C=C/CCCCCC(CC(=O)NC(CO)C(O)CCCCCCCCCCCCCCC)OC(=O)CCCCCCCCCCCCCCCCCC. The summed E-state index contributed by atoms with van der Waals surface area (Å²) in [4.78, 5) is 26.2. The molecule has 6 nitrogen and oxygen atoms in total. The van der Waals surface area contributed by atoms with Crippen LogP contribution in [-0.2, 0) is 14.3 Å². The molecule has 0 rings (SSSR count). The minimum atomic E-state index is -0.786. The van der Waals surface area contributed by atoms with Crippen molar-refractivity contribution in [3.05, 3.63) is 12.2 Å². The van der Waals surface area contributed by atoms with Crippen LogP contribution in [0.5, 0.6) is 0 Å². The maximum Gasteiger partial charge on any atom is 0.306 e. The van der Waals surface area contributed by atoms with Crippen molar-refractivity contribution in [2.45, 2.75) is 328 Å². The average Bonchev–Trinajstić information content (AvgIpc) is 3.26. The molecule has 0 aromatic carbocycles. The van der Waals surface area contributed by atoms with Crippen LogP contribution in [0, 0.1) is 0 Å². The van der Waals surface area contributed by atoms with Crippen molar-refractivity contribution in [3.8, 4) is 0 Å². The van der Waals surface area contributed by atoms with Crippen LogP contribution in [0.15, 0.2) is 12.2 Å². The number of carbonyl (C=O) groups excluding carboxylic acids is 2. The topological polar surface area (TPSA) is 95.9 Å². The zero-order valence-corrected chi connectivity index (χ0v) is 42.0. The van der Waals surface area contributed by atoms with Crippen molar-refractivity contribution in [3.63, 3.8) is 0 Å². The molecule has 6 heteroatoms. The highest BCUT2D eigenvalue weighted by Crippen LogP contribution is 2.18. The summed E-state index contributed by atoms with van der Waals surface area (Å²) in [6.07, 6.45) is 57.0. The molecule has 0 heterocycles. The maximum absolute atomic E-state index is 13.2. The Morgan fingerprint density at radius 2 is 0.774 bits per heavy atom.